The van der Waals surface area contributed by atoms with E-state index in [9.17, 15) is 9.59 Å². The topological polar surface area (TPSA) is 86.8 Å². The molecular weight excluding hydrogens is 717 g/mol. The Morgan fingerprint density at radius 3 is 0.719 bits per heavy atom. The third kappa shape index (κ3) is 41.3. The first-order valence-corrected chi connectivity index (χ1v) is 24.5. The van der Waals surface area contributed by atoms with Gasteiger partial charge in [-0.25, -0.2) is 0 Å². The van der Waals surface area contributed by atoms with E-state index in [1.807, 2.05) is 0 Å². The molecule has 9 nitrogen and oxygen atoms in total. The Kier molecular flexibility index (Phi) is 46.4. The summed E-state index contributed by atoms with van der Waals surface area (Å²) in [6, 6.07) is 0. The van der Waals surface area contributed by atoms with Crippen molar-refractivity contribution in [2.45, 2.75) is 207 Å². The second kappa shape index (κ2) is 47.4. The van der Waals surface area contributed by atoms with Gasteiger partial charge in [-0.15, -0.1) is 0 Å². The first kappa shape index (κ1) is 55.7. The van der Waals surface area contributed by atoms with Gasteiger partial charge >= 0.3 is 0 Å². The third-order valence-corrected chi connectivity index (χ3v) is 10.7. The zero-order valence-electron chi connectivity index (χ0n) is 38.5. The van der Waals surface area contributed by atoms with Crippen LogP contribution in [0.1, 0.15) is 207 Å². The molecule has 0 heterocycles. The molecule has 0 saturated heterocycles. The molecule has 0 unspecified atom stereocenters. The Bertz CT molecular complexity index is 706. The van der Waals surface area contributed by atoms with Crippen molar-refractivity contribution in [1.29, 1.82) is 0 Å². The van der Waals surface area contributed by atoms with Crippen LogP contribution in [0.4, 0.5) is 0 Å². The molecule has 0 aliphatic rings. The molecule has 0 spiro atoms. The number of hydrogen-bond donors (Lipinski definition) is 0. The van der Waals surface area contributed by atoms with E-state index < -0.39 is 0 Å². The SMILES string of the molecule is CCCCCCCCCOCCN(CCOCCCCCCCCC)C(=O)COCC(=O)N(CCOCCCCCCCCC)CCOCCCCCCCCC. The monoisotopic (exact) mass is 813 g/mol. The summed E-state index contributed by atoms with van der Waals surface area (Å²) in [6.45, 7) is 15.5. The van der Waals surface area contributed by atoms with Gasteiger partial charge in [0.25, 0.3) is 0 Å². The highest BCUT2D eigenvalue weighted by Crippen LogP contribution is 2.10. The Labute approximate surface area is 353 Å². The largest absolute Gasteiger partial charge is 0.380 e. The molecule has 340 valence electrons. The summed E-state index contributed by atoms with van der Waals surface area (Å²) < 4.78 is 29.5. The van der Waals surface area contributed by atoms with Crippen LogP contribution < -0.4 is 0 Å². The highest BCUT2D eigenvalue weighted by atomic mass is 16.5. The predicted octanol–water partition coefficient (Wildman–Crippen LogP) is 11.7. The summed E-state index contributed by atoms with van der Waals surface area (Å²) >= 11 is 0. The van der Waals surface area contributed by atoms with Gasteiger partial charge in [-0.3, -0.25) is 9.59 Å². The lowest BCUT2D eigenvalue weighted by Gasteiger charge is -2.24. The number of amides is 2. The minimum atomic E-state index is -0.140. The molecule has 0 rings (SSSR count). The molecule has 0 aliphatic heterocycles. The van der Waals surface area contributed by atoms with Crippen LogP contribution in [0.25, 0.3) is 0 Å². The van der Waals surface area contributed by atoms with Gasteiger partial charge < -0.3 is 33.5 Å². The first-order chi connectivity index (χ1) is 28.1. The summed E-state index contributed by atoms with van der Waals surface area (Å²) in [5, 5.41) is 0. The van der Waals surface area contributed by atoms with Crippen molar-refractivity contribution < 1.29 is 33.3 Å². The van der Waals surface area contributed by atoms with Gasteiger partial charge in [0.05, 0.1) is 26.4 Å². The summed E-state index contributed by atoms with van der Waals surface area (Å²) in [5.41, 5.74) is 0. The zero-order valence-corrected chi connectivity index (χ0v) is 38.5. The summed E-state index contributed by atoms with van der Waals surface area (Å²) in [7, 11) is 0. The predicted molar refractivity (Wildman–Crippen MR) is 239 cm³/mol. The van der Waals surface area contributed by atoms with Crippen molar-refractivity contribution in [3.05, 3.63) is 0 Å². The van der Waals surface area contributed by atoms with E-state index in [1.54, 1.807) is 9.80 Å². The standard InChI is InChI=1S/C48H96N2O7/c1-5-9-13-17-21-25-29-37-53-41-33-49(34-42-54-38-30-26-22-18-14-10-6-2)47(51)45-57-46-48(52)50(35-43-55-39-31-27-23-19-15-11-7-3)36-44-56-40-32-28-24-20-16-12-8-4/h5-46H2,1-4H3. The molecule has 0 aromatic carbocycles. The number of rotatable bonds is 48. The molecule has 0 bridgehead atoms. The number of carbonyl (C=O) groups excluding carboxylic acids is 2. The molecule has 0 saturated carbocycles. The fourth-order valence-electron chi connectivity index (χ4n) is 6.88. The molecule has 57 heavy (non-hydrogen) atoms. The van der Waals surface area contributed by atoms with Crippen LogP contribution in [0.2, 0.25) is 0 Å². The lowest BCUT2D eigenvalue weighted by Crippen LogP contribution is -2.41. The molecule has 0 aromatic rings. The fourth-order valence-corrected chi connectivity index (χ4v) is 6.88. The van der Waals surface area contributed by atoms with Gasteiger partial charge in [-0.2, -0.15) is 0 Å². The van der Waals surface area contributed by atoms with Crippen LogP contribution in [-0.4, -0.2) is 114 Å². The highest BCUT2D eigenvalue weighted by Gasteiger charge is 2.18. The van der Waals surface area contributed by atoms with Gasteiger partial charge in [0.15, 0.2) is 0 Å². The number of hydrogen-bond acceptors (Lipinski definition) is 7. The van der Waals surface area contributed by atoms with Crippen molar-refractivity contribution in [2.75, 3.05) is 92.2 Å². The number of carbonyl (C=O) groups is 2. The van der Waals surface area contributed by atoms with Gasteiger partial charge in [0, 0.05) is 52.6 Å². The van der Waals surface area contributed by atoms with Crippen LogP contribution in [-0.2, 0) is 33.3 Å². The second-order valence-corrected chi connectivity index (χ2v) is 16.2. The van der Waals surface area contributed by atoms with E-state index in [0.717, 1.165) is 52.1 Å². The Balaban J connectivity index is 4.82. The van der Waals surface area contributed by atoms with Crippen LogP contribution in [0.3, 0.4) is 0 Å². The lowest BCUT2D eigenvalue weighted by molar-refractivity contribution is -0.143. The van der Waals surface area contributed by atoms with Crippen molar-refractivity contribution in [3.63, 3.8) is 0 Å². The smallest absolute Gasteiger partial charge is 0.248 e. The van der Waals surface area contributed by atoms with Crippen LogP contribution in [0, 0.1) is 0 Å². The zero-order chi connectivity index (χ0) is 41.5. The van der Waals surface area contributed by atoms with Gasteiger partial charge in [-0.05, 0) is 25.7 Å². The minimum Gasteiger partial charge on any atom is -0.380 e. The molecule has 0 N–H and O–H groups in total. The first-order valence-electron chi connectivity index (χ1n) is 24.5. The molecule has 0 radical (unpaired) electrons. The molecule has 9 heteroatoms. The van der Waals surface area contributed by atoms with Gasteiger partial charge in [-0.1, -0.05) is 182 Å². The quantitative estimate of drug-likeness (QED) is 0.0566. The van der Waals surface area contributed by atoms with E-state index in [1.165, 1.54) is 154 Å². The van der Waals surface area contributed by atoms with Crippen LogP contribution in [0.5, 0.6) is 0 Å². The van der Waals surface area contributed by atoms with E-state index in [-0.39, 0.29) is 25.0 Å². The molecule has 0 atom stereocenters. The molecule has 0 aromatic heterocycles. The van der Waals surface area contributed by atoms with E-state index in [0.29, 0.717) is 52.6 Å². The van der Waals surface area contributed by atoms with Crippen molar-refractivity contribution in [1.82, 2.24) is 9.80 Å². The van der Waals surface area contributed by atoms with E-state index >= 15 is 0 Å². The normalized spacial score (nSPS) is 11.4. The number of ether oxygens (including phenoxy) is 5. The van der Waals surface area contributed by atoms with Gasteiger partial charge in [0.2, 0.25) is 11.8 Å². The van der Waals surface area contributed by atoms with Crippen molar-refractivity contribution >= 4 is 11.8 Å². The average Bonchev–Trinajstić information content (AvgIpc) is 3.21. The Morgan fingerprint density at radius 2 is 0.491 bits per heavy atom. The molecule has 2 amide bonds. The minimum absolute atomic E-state index is 0.135. The number of unbranched alkanes of at least 4 members (excludes halogenated alkanes) is 24. The average molecular weight is 813 g/mol. The van der Waals surface area contributed by atoms with E-state index in [2.05, 4.69) is 27.7 Å². The van der Waals surface area contributed by atoms with Crippen LogP contribution in [0.15, 0.2) is 0 Å². The van der Waals surface area contributed by atoms with Crippen molar-refractivity contribution in [3.8, 4) is 0 Å². The molecule has 0 fully saturated rings. The highest BCUT2D eigenvalue weighted by molar-refractivity contribution is 5.79. The Morgan fingerprint density at radius 1 is 0.281 bits per heavy atom. The number of nitrogens with zero attached hydrogens (tertiary/aromatic N) is 2. The second-order valence-electron chi connectivity index (χ2n) is 16.2. The van der Waals surface area contributed by atoms with Crippen LogP contribution >= 0.6 is 0 Å². The summed E-state index contributed by atoms with van der Waals surface area (Å²) in [4.78, 5) is 30.2. The summed E-state index contributed by atoms with van der Waals surface area (Å²) in [5.74, 6) is -0.270. The Hall–Kier alpha value is -1.26. The summed E-state index contributed by atoms with van der Waals surface area (Å²) in [6.07, 6.45) is 34.9. The maximum atomic E-state index is 13.3. The lowest BCUT2D eigenvalue weighted by atomic mass is 10.1. The van der Waals surface area contributed by atoms with Crippen molar-refractivity contribution in [2.24, 2.45) is 0 Å². The van der Waals surface area contributed by atoms with E-state index in [4.69, 9.17) is 23.7 Å². The third-order valence-electron chi connectivity index (χ3n) is 10.7. The fraction of sp³-hybridized carbons (Fsp3) is 0.958. The maximum absolute atomic E-state index is 13.3. The van der Waals surface area contributed by atoms with Gasteiger partial charge in [0.1, 0.15) is 13.2 Å². The maximum Gasteiger partial charge on any atom is 0.248 e. The molecular formula is C48H96N2O7. The molecule has 0 aliphatic carbocycles.